The van der Waals surface area contributed by atoms with Crippen molar-refractivity contribution < 1.29 is 14.2 Å². The van der Waals surface area contributed by atoms with E-state index < -0.39 is 0 Å². The predicted octanol–water partition coefficient (Wildman–Crippen LogP) is 1.06. The Balaban J connectivity index is 1.89. The lowest BCUT2D eigenvalue weighted by molar-refractivity contribution is 0.0388. The van der Waals surface area contributed by atoms with E-state index in [0.717, 1.165) is 5.75 Å². The third-order valence-corrected chi connectivity index (χ3v) is 1.87. The van der Waals surface area contributed by atoms with Gasteiger partial charge in [0, 0.05) is 6.54 Å². The van der Waals surface area contributed by atoms with Crippen LogP contribution in [0.3, 0.4) is 0 Å². The van der Waals surface area contributed by atoms with Crippen molar-refractivity contribution in [2.45, 2.75) is 0 Å². The Morgan fingerprint density at radius 1 is 0.812 bits per heavy atom. The standard InChI is InChI=1S/C12H19NO3/c13-6-7-14-8-9-15-10-11-16-12-4-2-1-3-5-12/h1-5H,6-11,13H2. The molecule has 0 radical (unpaired) electrons. The van der Waals surface area contributed by atoms with Gasteiger partial charge in [-0.1, -0.05) is 18.2 Å². The molecular formula is C12H19NO3. The average molecular weight is 225 g/mol. The van der Waals surface area contributed by atoms with Gasteiger partial charge in [0.25, 0.3) is 0 Å². The average Bonchev–Trinajstić information content (AvgIpc) is 2.34. The van der Waals surface area contributed by atoms with E-state index in [4.69, 9.17) is 19.9 Å². The fraction of sp³-hybridized carbons (Fsp3) is 0.500. The van der Waals surface area contributed by atoms with Gasteiger partial charge in [-0.15, -0.1) is 0 Å². The quantitative estimate of drug-likeness (QED) is 0.638. The van der Waals surface area contributed by atoms with Crippen LogP contribution in [0, 0.1) is 0 Å². The molecule has 0 unspecified atom stereocenters. The topological polar surface area (TPSA) is 53.7 Å². The summed E-state index contributed by atoms with van der Waals surface area (Å²) >= 11 is 0. The molecule has 90 valence electrons. The molecule has 0 spiro atoms. The van der Waals surface area contributed by atoms with E-state index in [1.807, 2.05) is 30.3 Å². The lowest BCUT2D eigenvalue weighted by atomic mass is 10.3. The van der Waals surface area contributed by atoms with Crippen LogP contribution in [0.5, 0.6) is 5.75 Å². The van der Waals surface area contributed by atoms with E-state index in [2.05, 4.69) is 0 Å². The molecule has 0 aliphatic rings. The molecule has 1 rings (SSSR count). The van der Waals surface area contributed by atoms with Crippen LogP contribution in [-0.2, 0) is 9.47 Å². The normalized spacial score (nSPS) is 10.3. The Bertz CT molecular complexity index is 254. The highest BCUT2D eigenvalue weighted by atomic mass is 16.5. The molecule has 0 fully saturated rings. The SMILES string of the molecule is NCCOCCOCCOc1ccccc1. The third kappa shape index (κ3) is 6.40. The van der Waals surface area contributed by atoms with E-state index in [0.29, 0.717) is 39.6 Å². The molecule has 1 aromatic rings. The maximum absolute atomic E-state index is 5.45. The molecule has 0 saturated heterocycles. The molecule has 0 heterocycles. The fourth-order valence-electron chi connectivity index (χ4n) is 1.14. The smallest absolute Gasteiger partial charge is 0.119 e. The Hall–Kier alpha value is -1.10. The van der Waals surface area contributed by atoms with Crippen molar-refractivity contribution in [2.75, 3.05) is 39.6 Å². The van der Waals surface area contributed by atoms with E-state index in [-0.39, 0.29) is 0 Å². The van der Waals surface area contributed by atoms with Gasteiger partial charge < -0.3 is 19.9 Å². The zero-order valence-corrected chi connectivity index (χ0v) is 9.43. The highest BCUT2D eigenvalue weighted by molar-refractivity contribution is 5.20. The van der Waals surface area contributed by atoms with Crippen LogP contribution in [-0.4, -0.2) is 39.6 Å². The van der Waals surface area contributed by atoms with Crippen molar-refractivity contribution in [1.82, 2.24) is 0 Å². The molecular weight excluding hydrogens is 206 g/mol. The lowest BCUT2D eigenvalue weighted by Crippen LogP contribution is -2.14. The van der Waals surface area contributed by atoms with E-state index in [9.17, 15) is 0 Å². The van der Waals surface area contributed by atoms with Gasteiger partial charge in [0.2, 0.25) is 0 Å². The van der Waals surface area contributed by atoms with Gasteiger partial charge in [-0.05, 0) is 12.1 Å². The third-order valence-electron chi connectivity index (χ3n) is 1.87. The molecule has 0 atom stereocenters. The molecule has 0 aromatic heterocycles. The van der Waals surface area contributed by atoms with Crippen molar-refractivity contribution in [3.05, 3.63) is 30.3 Å². The fourth-order valence-corrected chi connectivity index (χ4v) is 1.14. The van der Waals surface area contributed by atoms with Crippen LogP contribution < -0.4 is 10.5 Å². The minimum absolute atomic E-state index is 0.553. The van der Waals surface area contributed by atoms with Crippen molar-refractivity contribution >= 4 is 0 Å². The molecule has 4 heteroatoms. The van der Waals surface area contributed by atoms with Gasteiger partial charge in [-0.3, -0.25) is 0 Å². The first-order valence-electron chi connectivity index (χ1n) is 5.47. The second kappa shape index (κ2) is 9.15. The van der Waals surface area contributed by atoms with Gasteiger partial charge in [-0.2, -0.15) is 0 Å². The van der Waals surface area contributed by atoms with Crippen molar-refractivity contribution in [3.8, 4) is 5.75 Å². The first-order chi connectivity index (χ1) is 7.93. The van der Waals surface area contributed by atoms with Gasteiger partial charge >= 0.3 is 0 Å². The van der Waals surface area contributed by atoms with Crippen LogP contribution in [0.15, 0.2) is 30.3 Å². The predicted molar refractivity (Wildman–Crippen MR) is 62.6 cm³/mol. The molecule has 0 amide bonds. The molecule has 0 bridgehead atoms. The summed E-state index contributed by atoms with van der Waals surface area (Å²) in [6, 6.07) is 9.68. The summed E-state index contributed by atoms with van der Waals surface area (Å²) in [6.07, 6.45) is 0. The molecule has 16 heavy (non-hydrogen) atoms. The van der Waals surface area contributed by atoms with Gasteiger partial charge in [0.1, 0.15) is 12.4 Å². The number of para-hydroxylation sites is 1. The summed E-state index contributed by atoms with van der Waals surface area (Å²) in [6.45, 7) is 3.43. The van der Waals surface area contributed by atoms with E-state index >= 15 is 0 Å². The van der Waals surface area contributed by atoms with Gasteiger partial charge in [0.05, 0.1) is 26.4 Å². The first-order valence-corrected chi connectivity index (χ1v) is 5.47. The number of hydrogen-bond donors (Lipinski definition) is 1. The van der Waals surface area contributed by atoms with Crippen LogP contribution in [0.25, 0.3) is 0 Å². The van der Waals surface area contributed by atoms with Gasteiger partial charge in [-0.25, -0.2) is 0 Å². The molecule has 1 aromatic carbocycles. The van der Waals surface area contributed by atoms with Crippen molar-refractivity contribution in [2.24, 2.45) is 5.73 Å². The van der Waals surface area contributed by atoms with E-state index in [1.54, 1.807) is 0 Å². The monoisotopic (exact) mass is 225 g/mol. The number of hydrogen-bond acceptors (Lipinski definition) is 4. The zero-order valence-electron chi connectivity index (χ0n) is 9.43. The van der Waals surface area contributed by atoms with Crippen LogP contribution in [0.2, 0.25) is 0 Å². The summed E-state index contributed by atoms with van der Waals surface area (Å²) in [5, 5.41) is 0. The number of ether oxygens (including phenoxy) is 3. The van der Waals surface area contributed by atoms with Gasteiger partial charge in [0.15, 0.2) is 0 Å². The zero-order chi connectivity index (χ0) is 11.5. The van der Waals surface area contributed by atoms with E-state index in [1.165, 1.54) is 0 Å². The molecule has 2 N–H and O–H groups in total. The second-order valence-electron chi connectivity index (χ2n) is 3.17. The highest BCUT2D eigenvalue weighted by Crippen LogP contribution is 2.07. The second-order valence-corrected chi connectivity index (χ2v) is 3.17. The number of rotatable bonds is 9. The largest absolute Gasteiger partial charge is 0.491 e. The number of nitrogens with two attached hydrogens (primary N) is 1. The van der Waals surface area contributed by atoms with Crippen molar-refractivity contribution in [3.63, 3.8) is 0 Å². The lowest BCUT2D eigenvalue weighted by Gasteiger charge is -2.07. The summed E-state index contributed by atoms with van der Waals surface area (Å²) in [5.74, 6) is 0.866. The number of benzene rings is 1. The summed E-state index contributed by atoms with van der Waals surface area (Å²) in [4.78, 5) is 0. The Morgan fingerprint density at radius 3 is 2.12 bits per heavy atom. The molecule has 4 nitrogen and oxygen atoms in total. The maximum Gasteiger partial charge on any atom is 0.119 e. The highest BCUT2D eigenvalue weighted by Gasteiger charge is 1.92. The summed E-state index contributed by atoms with van der Waals surface area (Å²) in [5.41, 5.74) is 5.27. The Morgan fingerprint density at radius 2 is 1.44 bits per heavy atom. The summed E-state index contributed by atoms with van der Waals surface area (Å²) in [7, 11) is 0. The Kier molecular flexibility index (Phi) is 7.42. The minimum Gasteiger partial charge on any atom is -0.491 e. The molecule has 0 aliphatic heterocycles. The van der Waals surface area contributed by atoms with Crippen molar-refractivity contribution in [1.29, 1.82) is 0 Å². The van der Waals surface area contributed by atoms with Crippen LogP contribution in [0.4, 0.5) is 0 Å². The Labute approximate surface area is 96.3 Å². The summed E-state index contributed by atoms with van der Waals surface area (Å²) < 4.78 is 15.9. The van der Waals surface area contributed by atoms with Crippen LogP contribution in [0.1, 0.15) is 0 Å². The van der Waals surface area contributed by atoms with Crippen LogP contribution >= 0.6 is 0 Å². The first kappa shape index (κ1) is 13.0. The minimum atomic E-state index is 0.553. The molecule has 0 aliphatic carbocycles. The maximum atomic E-state index is 5.45. The molecule has 0 saturated carbocycles.